The van der Waals surface area contributed by atoms with Crippen LogP contribution in [0.2, 0.25) is 0 Å². The molecule has 1 heterocycles. The fourth-order valence-corrected chi connectivity index (χ4v) is 2.19. The number of hydrogen-bond donors (Lipinski definition) is 2. The third-order valence-corrected chi connectivity index (χ3v) is 3.20. The van der Waals surface area contributed by atoms with E-state index in [2.05, 4.69) is 15.4 Å². The van der Waals surface area contributed by atoms with Crippen molar-refractivity contribution in [2.45, 2.75) is 6.36 Å². The Morgan fingerprint density at radius 3 is 2.76 bits per heavy atom. The van der Waals surface area contributed by atoms with Crippen LogP contribution in [0.3, 0.4) is 0 Å². The first kappa shape index (κ1) is 16.6. The Labute approximate surface area is 139 Å². The number of carbonyl (C=O) groups excluding carboxylic acids is 2. The molecule has 2 aromatic rings. The van der Waals surface area contributed by atoms with Crippen molar-refractivity contribution in [2.75, 3.05) is 17.2 Å². The number of rotatable bonds is 3. The van der Waals surface area contributed by atoms with Crippen LogP contribution in [0.1, 0.15) is 10.4 Å². The Morgan fingerprint density at radius 1 is 1.20 bits per heavy atom. The van der Waals surface area contributed by atoms with E-state index in [1.54, 1.807) is 0 Å². The third-order valence-electron chi connectivity index (χ3n) is 3.20. The van der Waals surface area contributed by atoms with E-state index in [9.17, 15) is 22.8 Å². The molecule has 0 spiro atoms. The number of anilines is 2. The van der Waals surface area contributed by atoms with Crippen molar-refractivity contribution >= 4 is 23.2 Å². The SMILES string of the molecule is O=C1COc2cc(C(=O)Nc3cccc(OC(F)(F)F)c3)ccc2N1. The first-order valence-electron chi connectivity index (χ1n) is 7.04. The number of nitrogens with one attached hydrogen (secondary N) is 2. The second-order valence-corrected chi connectivity index (χ2v) is 5.08. The topological polar surface area (TPSA) is 76.7 Å². The Kier molecular flexibility index (Phi) is 4.22. The first-order valence-corrected chi connectivity index (χ1v) is 7.04. The van der Waals surface area contributed by atoms with Crippen molar-refractivity contribution in [3.63, 3.8) is 0 Å². The van der Waals surface area contributed by atoms with Crippen LogP contribution in [-0.2, 0) is 4.79 Å². The maximum absolute atomic E-state index is 12.2. The summed E-state index contributed by atoms with van der Waals surface area (Å²) in [7, 11) is 0. The third kappa shape index (κ3) is 4.19. The van der Waals surface area contributed by atoms with Crippen molar-refractivity contribution in [2.24, 2.45) is 0 Å². The summed E-state index contributed by atoms with van der Waals surface area (Å²) in [4.78, 5) is 23.5. The summed E-state index contributed by atoms with van der Waals surface area (Å²) < 4.78 is 45.7. The largest absolute Gasteiger partial charge is 0.573 e. The van der Waals surface area contributed by atoms with Gasteiger partial charge in [0.15, 0.2) is 6.61 Å². The van der Waals surface area contributed by atoms with Crippen molar-refractivity contribution in [1.29, 1.82) is 0 Å². The van der Waals surface area contributed by atoms with Gasteiger partial charge in [-0.05, 0) is 30.3 Å². The van der Waals surface area contributed by atoms with Gasteiger partial charge in [-0.2, -0.15) is 0 Å². The van der Waals surface area contributed by atoms with Gasteiger partial charge < -0.3 is 20.1 Å². The summed E-state index contributed by atoms with van der Waals surface area (Å²) in [6.45, 7) is -0.158. The molecule has 0 atom stereocenters. The number of benzene rings is 2. The van der Waals surface area contributed by atoms with Crippen LogP contribution in [0, 0.1) is 0 Å². The molecule has 1 aliphatic rings. The van der Waals surface area contributed by atoms with Gasteiger partial charge in [-0.1, -0.05) is 6.07 Å². The summed E-state index contributed by atoms with van der Waals surface area (Å²) in [5.74, 6) is -0.957. The lowest BCUT2D eigenvalue weighted by Crippen LogP contribution is -2.25. The lowest BCUT2D eigenvalue weighted by atomic mass is 10.1. The molecule has 6 nitrogen and oxygen atoms in total. The lowest BCUT2D eigenvalue weighted by Gasteiger charge is -2.18. The number of ether oxygens (including phenoxy) is 2. The normalized spacial score (nSPS) is 13.3. The zero-order valence-corrected chi connectivity index (χ0v) is 12.5. The molecule has 25 heavy (non-hydrogen) atoms. The highest BCUT2D eigenvalue weighted by Crippen LogP contribution is 2.29. The van der Waals surface area contributed by atoms with Gasteiger partial charge in [-0.25, -0.2) is 0 Å². The van der Waals surface area contributed by atoms with Gasteiger partial charge in [0.05, 0.1) is 5.69 Å². The molecule has 3 rings (SSSR count). The van der Waals surface area contributed by atoms with E-state index in [-0.39, 0.29) is 23.8 Å². The minimum absolute atomic E-state index is 0.138. The van der Waals surface area contributed by atoms with Crippen molar-refractivity contribution in [1.82, 2.24) is 0 Å². The first-order chi connectivity index (χ1) is 11.8. The van der Waals surface area contributed by atoms with E-state index >= 15 is 0 Å². The van der Waals surface area contributed by atoms with Crippen molar-refractivity contribution < 1.29 is 32.2 Å². The highest BCUT2D eigenvalue weighted by molar-refractivity contribution is 6.05. The maximum Gasteiger partial charge on any atom is 0.573 e. The smallest absolute Gasteiger partial charge is 0.482 e. The Balaban J connectivity index is 1.74. The van der Waals surface area contributed by atoms with Gasteiger partial charge in [0.25, 0.3) is 11.8 Å². The van der Waals surface area contributed by atoms with Crippen LogP contribution in [0.25, 0.3) is 0 Å². The molecule has 0 radical (unpaired) electrons. The lowest BCUT2D eigenvalue weighted by molar-refractivity contribution is -0.274. The fraction of sp³-hybridized carbons (Fsp3) is 0.125. The van der Waals surface area contributed by atoms with Crippen LogP contribution in [0.5, 0.6) is 11.5 Å². The molecule has 0 aromatic heterocycles. The molecule has 0 bridgehead atoms. The van der Waals surface area contributed by atoms with Gasteiger partial charge >= 0.3 is 6.36 Å². The summed E-state index contributed by atoms with van der Waals surface area (Å²) in [6.07, 6.45) is -4.82. The molecule has 9 heteroatoms. The second-order valence-electron chi connectivity index (χ2n) is 5.08. The number of halogens is 3. The van der Waals surface area contributed by atoms with Crippen LogP contribution < -0.4 is 20.1 Å². The molecule has 0 aliphatic carbocycles. The van der Waals surface area contributed by atoms with E-state index in [4.69, 9.17) is 4.74 Å². The standard InChI is InChI=1S/C16H11F3N2O4/c17-16(18,19)25-11-3-1-2-10(7-11)20-15(23)9-4-5-12-13(6-9)24-8-14(22)21-12/h1-7H,8H2,(H,20,23)(H,21,22). The molecule has 0 unspecified atom stereocenters. The summed E-state index contributed by atoms with van der Waals surface area (Å²) >= 11 is 0. The highest BCUT2D eigenvalue weighted by atomic mass is 19.4. The summed E-state index contributed by atoms with van der Waals surface area (Å²) in [6, 6.07) is 9.32. The zero-order chi connectivity index (χ0) is 18.0. The number of alkyl halides is 3. The summed E-state index contributed by atoms with van der Waals surface area (Å²) in [5.41, 5.74) is 0.795. The minimum Gasteiger partial charge on any atom is -0.482 e. The summed E-state index contributed by atoms with van der Waals surface area (Å²) in [5, 5.41) is 5.06. The molecular formula is C16H11F3N2O4. The molecule has 0 fully saturated rings. The van der Waals surface area contributed by atoms with Crippen LogP contribution in [0.4, 0.5) is 24.5 Å². The number of fused-ring (bicyclic) bond motifs is 1. The van der Waals surface area contributed by atoms with Crippen LogP contribution in [-0.4, -0.2) is 24.8 Å². The van der Waals surface area contributed by atoms with Gasteiger partial charge in [0.1, 0.15) is 11.5 Å². The van der Waals surface area contributed by atoms with E-state index in [0.29, 0.717) is 11.4 Å². The van der Waals surface area contributed by atoms with Crippen molar-refractivity contribution in [3.8, 4) is 11.5 Å². The average Bonchev–Trinajstić information content (AvgIpc) is 2.53. The molecule has 0 saturated carbocycles. The molecule has 2 aromatic carbocycles. The van der Waals surface area contributed by atoms with Crippen molar-refractivity contribution in [3.05, 3.63) is 48.0 Å². The number of carbonyl (C=O) groups is 2. The molecule has 2 amide bonds. The van der Waals surface area contributed by atoms with Gasteiger partial charge in [-0.3, -0.25) is 9.59 Å². The maximum atomic E-state index is 12.2. The molecule has 0 saturated heterocycles. The predicted octanol–water partition coefficient (Wildman–Crippen LogP) is 3.17. The molecular weight excluding hydrogens is 341 g/mol. The van der Waals surface area contributed by atoms with Gasteiger partial charge in [0.2, 0.25) is 0 Å². The van der Waals surface area contributed by atoms with E-state index in [1.165, 1.54) is 30.3 Å². The highest BCUT2D eigenvalue weighted by Gasteiger charge is 2.31. The van der Waals surface area contributed by atoms with Crippen LogP contribution in [0.15, 0.2) is 42.5 Å². The number of hydrogen-bond acceptors (Lipinski definition) is 4. The molecule has 2 N–H and O–H groups in total. The minimum atomic E-state index is -4.82. The van der Waals surface area contributed by atoms with E-state index < -0.39 is 18.0 Å². The Hall–Kier alpha value is -3.23. The quantitative estimate of drug-likeness (QED) is 0.890. The van der Waals surface area contributed by atoms with E-state index in [1.807, 2.05) is 0 Å². The van der Waals surface area contributed by atoms with Gasteiger partial charge in [0, 0.05) is 17.3 Å². The second kappa shape index (κ2) is 6.34. The number of amides is 2. The molecule has 130 valence electrons. The molecule has 1 aliphatic heterocycles. The Bertz CT molecular complexity index is 836. The van der Waals surface area contributed by atoms with Crippen LogP contribution >= 0.6 is 0 Å². The zero-order valence-electron chi connectivity index (χ0n) is 12.5. The predicted molar refractivity (Wildman–Crippen MR) is 81.6 cm³/mol. The Morgan fingerprint density at radius 2 is 2.00 bits per heavy atom. The average molecular weight is 352 g/mol. The fourth-order valence-electron chi connectivity index (χ4n) is 2.19. The van der Waals surface area contributed by atoms with E-state index in [0.717, 1.165) is 12.1 Å². The van der Waals surface area contributed by atoms with Gasteiger partial charge in [-0.15, -0.1) is 13.2 Å². The monoisotopic (exact) mass is 352 g/mol.